The topological polar surface area (TPSA) is 79.0 Å². The number of aromatic amines is 1. The summed E-state index contributed by atoms with van der Waals surface area (Å²) in [5, 5.41) is 3.16. The highest BCUT2D eigenvalue weighted by Crippen LogP contribution is 2.24. The van der Waals surface area contributed by atoms with Gasteiger partial charge in [0.05, 0.1) is 5.25 Å². The van der Waals surface area contributed by atoms with Gasteiger partial charge in [0.1, 0.15) is 9.84 Å². The van der Waals surface area contributed by atoms with E-state index in [1.54, 1.807) is 12.3 Å². The Bertz CT molecular complexity index is 559. The van der Waals surface area contributed by atoms with E-state index in [0.717, 1.165) is 24.8 Å². The van der Waals surface area contributed by atoms with Crippen molar-refractivity contribution in [3.8, 4) is 0 Å². The first-order chi connectivity index (χ1) is 8.95. The fraction of sp³-hybridized carbons (Fsp3) is 0.615. The summed E-state index contributed by atoms with van der Waals surface area (Å²) in [6.45, 7) is 0.651. The van der Waals surface area contributed by atoms with E-state index in [2.05, 4.69) is 10.3 Å². The van der Waals surface area contributed by atoms with Crippen molar-refractivity contribution < 1.29 is 8.42 Å². The first-order valence-electron chi connectivity index (χ1n) is 6.55. The normalized spacial score (nSPS) is 24.3. The molecule has 2 N–H and O–H groups in total. The second kappa shape index (κ2) is 5.88. The largest absolute Gasteiger partial charge is 0.329 e. The summed E-state index contributed by atoms with van der Waals surface area (Å²) in [6, 6.07) is 3.51. The van der Waals surface area contributed by atoms with Crippen molar-refractivity contribution in [3.63, 3.8) is 0 Å². The molecule has 1 aliphatic carbocycles. The van der Waals surface area contributed by atoms with Crippen LogP contribution in [-0.2, 0) is 16.4 Å². The van der Waals surface area contributed by atoms with Gasteiger partial charge in [-0.3, -0.25) is 4.79 Å². The number of sulfone groups is 1. The van der Waals surface area contributed by atoms with Crippen molar-refractivity contribution in [2.45, 2.75) is 43.5 Å². The Morgan fingerprint density at radius 2 is 2.16 bits per heavy atom. The fourth-order valence-electron chi connectivity index (χ4n) is 2.53. The van der Waals surface area contributed by atoms with Crippen molar-refractivity contribution in [2.24, 2.45) is 0 Å². The van der Waals surface area contributed by atoms with E-state index in [0.29, 0.717) is 13.0 Å². The SMILES string of the molecule is CS(=O)(=O)C1CCCC(NCc2ccc(=O)[nH]c2)C1. The third-order valence-electron chi connectivity index (χ3n) is 3.68. The molecule has 1 saturated carbocycles. The molecule has 2 rings (SSSR count). The average molecular weight is 284 g/mol. The van der Waals surface area contributed by atoms with E-state index in [4.69, 9.17) is 0 Å². The second-order valence-corrected chi connectivity index (χ2v) is 7.58. The lowest BCUT2D eigenvalue weighted by Crippen LogP contribution is -2.38. The lowest BCUT2D eigenvalue weighted by molar-refractivity contribution is 0.371. The zero-order valence-corrected chi connectivity index (χ0v) is 11.9. The lowest BCUT2D eigenvalue weighted by Gasteiger charge is -2.28. The molecule has 1 aliphatic rings. The first kappa shape index (κ1) is 14.3. The van der Waals surface area contributed by atoms with Crippen molar-refractivity contribution in [1.82, 2.24) is 10.3 Å². The van der Waals surface area contributed by atoms with Crippen LogP contribution >= 0.6 is 0 Å². The van der Waals surface area contributed by atoms with Crippen LogP contribution in [0, 0.1) is 0 Å². The molecule has 0 radical (unpaired) electrons. The van der Waals surface area contributed by atoms with Crippen LogP contribution in [0.2, 0.25) is 0 Å². The molecule has 6 heteroatoms. The summed E-state index contributed by atoms with van der Waals surface area (Å²) in [5.41, 5.74) is 0.889. The minimum absolute atomic E-state index is 0.112. The van der Waals surface area contributed by atoms with Crippen LogP contribution < -0.4 is 10.9 Å². The Labute approximate surface area is 113 Å². The lowest BCUT2D eigenvalue weighted by atomic mass is 9.95. The Morgan fingerprint density at radius 1 is 1.37 bits per heavy atom. The maximum Gasteiger partial charge on any atom is 0.247 e. The molecule has 0 aliphatic heterocycles. The molecule has 0 amide bonds. The quantitative estimate of drug-likeness (QED) is 0.858. The third-order valence-corrected chi connectivity index (χ3v) is 5.31. The molecular weight excluding hydrogens is 264 g/mol. The van der Waals surface area contributed by atoms with Crippen molar-refractivity contribution in [2.75, 3.05) is 6.26 Å². The summed E-state index contributed by atoms with van der Waals surface area (Å²) < 4.78 is 23.2. The molecule has 0 bridgehead atoms. The smallest absolute Gasteiger partial charge is 0.247 e. The molecule has 106 valence electrons. The number of H-pyrrole nitrogens is 1. The zero-order valence-electron chi connectivity index (χ0n) is 11.1. The van der Waals surface area contributed by atoms with Crippen LogP contribution in [0.25, 0.3) is 0 Å². The number of aromatic nitrogens is 1. The van der Waals surface area contributed by atoms with Crippen LogP contribution in [0.5, 0.6) is 0 Å². The summed E-state index contributed by atoms with van der Waals surface area (Å²) in [6.07, 6.45) is 6.42. The molecule has 0 saturated heterocycles. The number of hydrogen-bond acceptors (Lipinski definition) is 4. The van der Waals surface area contributed by atoms with Gasteiger partial charge in [-0.2, -0.15) is 0 Å². The first-order valence-corrected chi connectivity index (χ1v) is 8.50. The highest BCUT2D eigenvalue weighted by atomic mass is 32.2. The molecule has 2 unspecified atom stereocenters. The van der Waals surface area contributed by atoms with Crippen LogP contribution in [0.3, 0.4) is 0 Å². The van der Waals surface area contributed by atoms with Gasteiger partial charge >= 0.3 is 0 Å². The van der Waals surface area contributed by atoms with Crippen molar-refractivity contribution in [3.05, 3.63) is 34.2 Å². The Balaban J connectivity index is 1.89. The number of nitrogens with one attached hydrogen (secondary N) is 2. The predicted molar refractivity (Wildman–Crippen MR) is 74.8 cm³/mol. The van der Waals surface area contributed by atoms with Crippen LogP contribution in [-0.4, -0.2) is 30.9 Å². The Morgan fingerprint density at radius 3 is 2.79 bits per heavy atom. The third kappa shape index (κ3) is 4.18. The zero-order chi connectivity index (χ0) is 13.9. The second-order valence-electron chi connectivity index (χ2n) is 5.26. The molecule has 1 fully saturated rings. The summed E-state index contributed by atoms with van der Waals surface area (Å²) in [4.78, 5) is 13.6. The molecule has 0 aromatic carbocycles. The van der Waals surface area contributed by atoms with Gasteiger partial charge in [-0.15, -0.1) is 0 Å². The van der Waals surface area contributed by atoms with Gasteiger partial charge in [0, 0.05) is 31.1 Å². The number of pyridine rings is 1. The predicted octanol–water partition coefficient (Wildman–Crippen LogP) is 0.820. The van der Waals surface area contributed by atoms with Crippen LogP contribution in [0.1, 0.15) is 31.2 Å². The van der Waals surface area contributed by atoms with Crippen molar-refractivity contribution >= 4 is 9.84 Å². The summed E-state index contributed by atoms with van der Waals surface area (Å²) in [5.74, 6) is 0. The Kier molecular flexibility index (Phi) is 4.42. The van der Waals surface area contributed by atoms with Crippen molar-refractivity contribution in [1.29, 1.82) is 0 Å². The Hall–Kier alpha value is -1.14. The summed E-state index contributed by atoms with van der Waals surface area (Å²) in [7, 11) is -2.93. The molecule has 1 heterocycles. The molecule has 0 spiro atoms. The van der Waals surface area contributed by atoms with Crippen LogP contribution in [0.15, 0.2) is 23.1 Å². The van der Waals surface area contributed by atoms with Gasteiger partial charge in [0.25, 0.3) is 0 Å². The van der Waals surface area contributed by atoms with E-state index in [1.807, 2.05) is 0 Å². The number of rotatable bonds is 4. The maximum absolute atomic E-state index is 11.6. The molecular formula is C13H20N2O3S. The fourth-order valence-corrected chi connectivity index (χ4v) is 3.71. The molecule has 2 atom stereocenters. The minimum Gasteiger partial charge on any atom is -0.329 e. The van der Waals surface area contributed by atoms with E-state index < -0.39 is 9.84 Å². The summed E-state index contributed by atoms with van der Waals surface area (Å²) >= 11 is 0. The van der Waals surface area contributed by atoms with Gasteiger partial charge < -0.3 is 10.3 Å². The van der Waals surface area contributed by atoms with Gasteiger partial charge in [0.15, 0.2) is 0 Å². The van der Waals surface area contributed by atoms with E-state index in [1.165, 1.54) is 12.3 Å². The van der Waals surface area contributed by atoms with Gasteiger partial charge in [-0.25, -0.2) is 8.42 Å². The van der Waals surface area contributed by atoms with E-state index in [9.17, 15) is 13.2 Å². The van der Waals surface area contributed by atoms with Crippen LogP contribution in [0.4, 0.5) is 0 Å². The monoisotopic (exact) mass is 284 g/mol. The average Bonchev–Trinajstić information content (AvgIpc) is 2.37. The maximum atomic E-state index is 11.6. The minimum atomic E-state index is -2.93. The van der Waals surface area contributed by atoms with E-state index >= 15 is 0 Å². The standard InChI is InChI=1S/C13H20N2O3S/c1-19(17,18)12-4-2-3-11(7-12)14-8-10-5-6-13(16)15-9-10/h5-6,9,11-12,14H,2-4,7-8H2,1H3,(H,15,16). The van der Waals surface area contributed by atoms with Gasteiger partial charge in [0.2, 0.25) is 5.56 Å². The highest BCUT2D eigenvalue weighted by Gasteiger charge is 2.28. The number of hydrogen-bond donors (Lipinski definition) is 2. The van der Waals surface area contributed by atoms with Gasteiger partial charge in [-0.05, 0) is 24.8 Å². The highest BCUT2D eigenvalue weighted by molar-refractivity contribution is 7.91. The molecule has 19 heavy (non-hydrogen) atoms. The molecule has 1 aromatic rings. The molecule has 1 aromatic heterocycles. The molecule has 5 nitrogen and oxygen atoms in total. The van der Waals surface area contributed by atoms with E-state index in [-0.39, 0.29) is 16.9 Å². The van der Waals surface area contributed by atoms with Gasteiger partial charge in [-0.1, -0.05) is 12.5 Å².